The Kier molecular flexibility index (Phi) is 4.13. The number of nitrogens with zero attached hydrogens (tertiary/aromatic N) is 1. The van der Waals surface area contributed by atoms with Crippen LogP contribution in [-0.2, 0) is 9.53 Å². The first-order valence-electron chi connectivity index (χ1n) is 7.09. The highest BCUT2D eigenvalue weighted by molar-refractivity contribution is 7.19. The van der Waals surface area contributed by atoms with Gasteiger partial charge in [0, 0.05) is 17.0 Å². The van der Waals surface area contributed by atoms with Crippen molar-refractivity contribution in [2.24, 2.45) is 5.92 Å². The van der Waals surface area contributed by atoms with E-state index in [4.69, 9.17) is 11.2 Å². The molecular formula is C17H14N2O3S. The molecule has 2 aromatic rings. The summed E-state index contributed by atoms with van der Waals surface area (Å²) in [4.78, 5) is 28.2. The maximum Gasteiger partial charge on any atom is 0.359 e. The summed E-state index contributed by atoms with van der Waals surface area (Å²) in [6.45, 7) is 0. The van der Waals surface area contributed by atoms with E-state index in [1.165, 1.54) is 18.4 Å². The highest BCUT2D eigenvalue weighted by Crippen LogP contribution is 2.35. The van der Waals surface area contributed by atoms with Gasteiger partial charge in [-0.2, -0.15) is 0 Å². The lowest BCUT2D eigenvalue weighted by Gasteiger charge is -2.02. The van der Waals surface area contributed by atoms with Gasteiger partial charge in [-0.3, -0.25) is 4.79 Å². The van der Waals surface area contributed by atoms with Crippen LogP contribution >= 0.6 is 11.3 Å². The number of benzene rings is 1. The van der Waals surface area contributed by atoms with E-state index < -0.39 is 5.97 Å². The number of hydrogen-bond donors (Lipinski definition) is 1. The zero-order chi connectivity index (χ0) is 16.4. The molecule has 1 heterocycles. The van der Waals surface area contributed by atoms with Gasteiger partial charge in [0.2, 0.25) is 5.91 Å². The standard InChI is InChI=1S/C17H14N2O3S/c1-3-10-5-4-6-12(9-10)15-18-13(17(21)22-2)16(23-15)19-14(20)11-7-8-11/h1,4-6,9,11H,7-8H2,2H3,(H,19,20). The van der Waals surface area contributed by atoms with Gasteiger partial charge in [0.25, 0.3) is 0 Å². The highest BCUT2D eigenvalue weighted by Gasteiger charge is 2.31. The van der Waals surface area contributed by atoms with E-state index in [0.717, 1.165) is 24.0 Å². The number of thiazole rings is 1. The van der Waals surface area contributed by atoms with Gasteiger partial charge in [-0.15, -0.1) is 6.42 Å². The number of esters is 1. The Morgan fingerprint density at radius 1 is 1.43 bits per heavy atom. The summed E-state index contributed by atoms with van der Waals surface area (Å²) in [5, 5.41) is 3.80. The molecule has 0 bridgehead atoms. The zero-order valence-electron chi connectivity index (χ0n) is 12.5. The van der Waals surface area contributed by atoms with Gasteiger partial charge in [-0.1, -0.05) is 29.4 Å². The molecule has 0 radical (unpaired) electrons. The van der Waals surface area contributed by atoms with Crippen LogP contribution < -0.4 is 5.32 Å². The first-order valence-corrected chi connectivity index (χ1v) is 7.91. The molecule has 1 fully saturated rings. The lowest BCUT2D eigenvalue weighted by molar-refractivity contribution is -0.117. The minimum Gasteiger partial charge on any atom is -0.464 e. The van der Waals surface area contributed by atoms with Crippen molar-refractivity contribution in [2.45, 2.75) is 12.8 Å². The van der Waals surface area contributed by atoms with Gasteiger partial charge < -0.3 is 10.1 Å². The number of carbonyl (C=O) groups excluding carboxylic acids is 2. The minimum absolute atomic E-state index is 0.0378. The molecule has 1 aliphatic rings. The molecule has 5 nitrogen and oxygen atoms in total. The number of ether oxygens (including phenoxy) is 1. The molecule has 1 aliphatic carbocycles. The molecule has 1 amide bonds. The quantitative estimate of drug-likeness (QED) is 0.693. The third-order valence-corrected chi connectivity index (χ3v) is 4.49. The third kappa shape index (κ3) is 3.25. The molecule has 1 aromatic carbocycles. The number of amides is 1. The average Bonchev–Trinajstić information content (AvgIpc) is 3.35. The second kappa shape index (κ2) is 6.23. The summed E-state index contributed by atoms with van der Waals surface area (Å²) in [6.07, 6.45) is 7.18. The second-order valence-electron chi connectivity index (χ2n) is 5.18. The summed E-state index contributed by atoms with van der Waals surface area (Å²) in [6, 6.07) is 7.31. The lowest BCUT2D eigenvalue weighted by atomic mass is 10.1. The number of carbonyl (C=O) groups is 2. The van der Waals surface area contributed by atoms with Crippen LogP contribution in [0.15, 0.2) is 24.3 Å². The predicted molar refractivity (Wildman–Crippen MR) is 88.2 cm³/mol. The van der Waals surface area contributed by atoms with Crippen LogP contribution in [0.5, 0.6) is 0 Å². The molecule has 0 unspecified atom stereocenters. The molecule has 0 saturated heterocycles. The van der Waals surface area contributed by atoms with Gasteiger partial charge in [0.15, 0.2) is 5.69 Å². The highest BCUT2D eigenvalue weighted by atomic mass is 32.1. The number of terminal acetylenes is 1. The first-order chi connectivity index (χ1) is 11.1. The molecule has 23 heavy (non-hydrogen) atoms. The van der Waals surface area contributed by atoms with Crippen LogP contribution in [0.4, 0.5) is 5.00 Å². The maximum atomic E-state index is 12.0. The Balaban J connectivity index is 1.97. The summed E-state index contributed by atoms with van der Waals surface area (Å²) in [5.74, 6) is 1.94. The Morgan fingerprint density at radius 3 is 2.87 bits per heavy atom. The predicted octanol–water partition coefficient (Wildman–Crippen LogP) is 2.93. The van der Waals surface area contributed by atoms with Crippen molar-refractivity contribution in [3.8, 4) is 22.9 Å². The maximum absolute atomic E-state index is 12.0. The van der Waals surface area contributed by atoms with E-state index >= 15 is 0 Å². The smallest absolute Gasteiger partial charge is 0.359 e. The van der Waals surface area contributed by atoms with Crippen molar-refractivity contribution < 1.29 is 14.3 Å². The Hall–Kier alpha value is -2.65. The Labute approximate surface area is 137 Å². The summed E-state index contributed by atoms with van der Waals surface area (Å²) in [7, 11) is 1.28. The van der Waals surface area contributed by atoms with Crippen LogP contribution in [0.3, 0.4) is 0 Å². The van der Waals surface area contributed by atoms with Crippen molar-refractivity contribution in [1.29, 1.82) is 0 Å². The van der Waals surface area contributed by atoms with Crippen LogP contribution in [0.1, 0.15) is 28.9 Å². The summed E-state index contributed by atoms with van der Waals surface area (Å²) in [5.41, 5.74) is 1.64. The normalized spacial score (nSPS) is 13.2. The number of nitrogens with one attached hydrogen (secondary N) is 1. The van der Waals surface area contributed by atoms with E-state index in [1.54, 1.807) is 0 Å². The molecule has 0 spiro atoms. The molecule has 1 saturated carbocycles. The Morgan fingerprint density at radius 2 is 2.22 bits per heavy atom. The van der Waals surface area contributed by atoms with E-state index in [0.29, 0.717) is 10.0 Å². The molecule has 1 aromatic heterocycles. The van der Waals surface area contributed by atoms with Crippen LogP contribution in [0.2, 0.25) is 0 Å². The van der Waals surface area contributed by atoms with Crippen molar-refractivity contribution >= 4 is 28.2 Å². The van der Waals surface area contributed by atoms with Crippen LogP contribution in [0, 0.1) is 18.3 Å². The third-order valence-electron chi connectivity index (χ3n) is 3.47. The topological polar surface area (TPSA) is 68.3 Å². The van der Waals surface area contributed by atoms with Gasteiger partial charge in [0.05, 0.1) is 7.11 Å². The summed E-state index contributed by atoms with van der Waals surface area (Å²) < 4.78 is 4.75. The molecule has 0 atom stereocenters. The van der Waals surface area contributed by atoms with Gasteiger partial charge in [-0.25, -0.2) is 9.78 Å². The second-order valence-corrected chi connectivity index (χ2v) is 6.18. The Bertz CT molecular complexity index is 815. The first kappa shape index (κ1) is 15.3. The fraction of sp³-hybridized carbons (Fsp3) is 0.235. The molecule has 3 rings (SSSR count). The van der Waals surface area contributed by atoms with E-state index in [9.17, 15) is 9.59 Å². The number of methoxy groups -OCH3 is 1. The van der Waals surface area contributed by atoms with Gasteiger partial charge in [-0.05, 0) is 25.0 Å². The van der Waals surface area contributed by atoms with E-state index in [2.05, 4.69) is 16.2 Å². The summed E-state index contributed by atoms with van der Waals surface area (Å²) >= 11 is 1.24. The largest absolute Gasteiger partial charge is 0.464 e. The molecule has 116 valence electrons. The SMILES string of the molecule is C#Cc1cccc(-c2nc(C(=O)OC)c(NC(=O)C3CC3)s2)c1. The number of hydrogen-bond acceptors (Lipinski definition) is 5. The van der Waals surface area contributed by atoms with E-state index in [1.807, 2.05) is 24.3 Å². The van der Waals surface area contributed by atoms with Crippen molar-refractivity contribution in [1.82, 2.24) is 4.98 Å². The van der Waals surface area contributed by atoms with E-state index in [-0.39, 0.29) is 17.5 Å². The van der Waals surface area contributed by atoms with Crippen LogP contribution in [-0.4, -0.2) is 24.0 Å². The molecular weight excluding hydrogens is 312 g/mol. The van der Waals surface area contributed by atoms with Crippen LogP contribution in [0.25, 0.3) is 10.6 Å². The monoisotopic (exact) mass is 326 g/mol. The van der Waals surface area contributed by atoms with Crippen molar-refractivity contribution in [2.75, 3.05) is 12.4 Å². The molecule has 1 N–H and O–H groups in total. The average molecular weight is 326 g/mol. The minimum atomic E-state index is -0.577. The van der Waals surface area contributed by atoms with Crippen molar-refractivity contribution in [3.63, 3.8) is 0 Å². The molecule has 6 heteroatoms. The number of aromatic nitrogens is 1. The van der Waals surface area contributed by atoms with Crippen molar-refractivity contribution in [3.05, 3.63) is 35.5 Å². The number of anilines is 1. The van der Waals surface area contributed by atoms with Gasteiger partial charge >= 0.3 is 5.97 Å². The number of rotatable bonds is 4. The fourth-order valence-corrected chi connectivity index (χ4v) is 3.02. The zero-order valence-corrected chi connectivity index (χ0v) is 13.3. The molecule has 0 aliphatic heterocycles. The van der Waals surface area contributed by atoms with Gasteiger partial charge in [0.1, 0.15) is 10.0 Å². The lowest BCUT2D eigenvalue weighted by Crippen LogP contribution is -2.15. The fourth-order valence-electron chi connectivity index (χ4n) is 2.06.